The summed E-state index contributed by atoms with van der Waals surface area (Å²) in [6, 6.07) is 0.759. The predicted molar refractivity (Wildman–Crippen MR) is 68.8 cm³/mol. The number of methoxy groups -OCH3 is 1. The van der Waals surface area contributed by atoms with Gasteiger partial charge in [-0.3, -0.25) is 0 Å². The first kappa shape index (κ1) is 13.9. The largest absolute Gasteiger partial charge is 0.385 e. The fourth-order valence-electron chi connectivity index (χ4n) is 2.17. The molecule has 1 rings (SSSR count). The standard InChI is InChI=1S/C13H28N2O/c1-13(2,7-10-16-3)11-14-9-6-12-5-4-8-15-12/h12,14-15H,4-11H2,1-3H3. The molecule has 1 aliphatic heterocycles. The number of hydrogen-bond donors (Lipinski definition) is 2. The van der Waals surface area contributed by atoms with Crippen molar-refractivity contribution in [1.82, 2.24) is 10.6 Å². The van der Waals surface area contributed by atoms with Crippen LogP contribution in [-0.4, -0.2) is 39.4 Å². The van der Waals surface area contributed by atoms with Crippen molar-refractivity contribution in [3.05, 3.63) is 0 Å². The van der Waals surface area contributed by atoms with Crippen molar-refractivity contribution in [2.24, 2.45) is 5.41 Å². The summed E-state index contributed by atoms with van der Waals surface area (Å²) >= 11 is 0. The van der Waals surface area contributed by atoms with Crippen LogP contribution in [0.25, 0.3) is 0 Å². The average Bonchev–Trinajstić information content (AvgIpc) is 2.75. The first-order valence-corrected chi connectivity index (χ1v) is 6.57. The van der Waals surface area contributed by atoms with E-state index in [9.17, 15) is 0 Å². The zero-order valence-electron chi connectivity index (χ0n) is 11.1. The Kier molecular flexibility index (Phi) is 6.32. The molecule has 1 aliphatic rings. The monoisotopic (exact) mass is 228 g/mol. The van der Waals surface area contributed by atoms with Gasteiger partial charge in [0.05, 0.1) is 0 Å². The number of hydrogen-bond acceptors (Lipinski definition) is 3. The van der Waals surface area contributed by atoms with Crippen LogP contribution in [0.15, 0.2) is 0 Å². The maximum absolute atomic E-state index is 5.13. The first-order chi connectivity index (χ1) is 7.64. The lowest BCUT2D eigenvalue weighted by Crippen LogP contribution is -2.33. The van der Waals surface area contributed by atoms with Gasteiger partial charge in [-0.15, -0.1) is 0 Å². The molecule has 96 valence electrons. The third-order valence-corrected chi connectivity index (χ3v) is 3.42. The Hall–Kier alpha value is -0.120. The topological polar surface area (TPSA) is 33.3 Å². The maximum Gasteiger partial charge on any atom is 0.0467 e. The zero-order chi connectivity index (χ0) is 11.9. The Morgan fingerprint density at radius 2 is 2.25 bits per heavy atom. The summed E-state index contributed by atoms with van der Waals surface area (Å²) in [6.07, 6.45) is 5.09. The van der Waals surface area contributed by atoms with E-state index in [1.807, 2.05) is 0 Å². The Labute approximate surface area is 100 Å². The molecule has 0 aromatic carbocycles. The van der Waals surface area contributed by atoms with Crippen LogP contribution in [0.1, 0.15) is 39.5 Å². The fourth-order valence-corrected chi connectivity index (χ4v) is 2.17. The van der Waals surface area contributed by atoms with Crippen molar-refractivity contribution in [1.29, 1.82) is 0 Å². The van der Waals surface area contributed by atoms with E-state index in [0.29, 0.717) is 5.41 Å². The summed E-state index contributed by atoms with van der Waals surface area (Å²) in [7, 11) is 1.77. The molecule has 0 radical (unpaired) electrons. The summed E-state index contributed by atoms with van der Waals surface area (Å²) in [4.78, 5) is 0. The molecule has 2 N–H and O–H groups in total. The van der Waals surface area contributed by atoms with Gasteiger partial charge in [-0.05, 0) is 44.2 Å². The maximum atomic E-state index is 5.13. The number of rotatable bonds is 8. The minimum Gasteiger partial charge on any atom is -0.385 e. The van der Waals surface area contributed by atoms with Gasteiger partial charge in [-0.2, -0.15) is 0 Å². The minimum atomic E-state index is 0.346. The van der Waals surface area contributed by atoms with Gasteiger partial charge in [0.25, 0.3) is 0 Å². The van der Waals surface area contributed by atoms with Crippen molar-refractivity contribution in [3.63, 3.8) is 0 Å². The number of ether oxygens (including phenoxy) is 1. The average molecular weight is 228 g/mol. The van der Waals surface area contributed by atoms with Gasteiger partial charge in [0.2, 0.25) is 0 Å². The molecule has 0 spiro atoms. The number of nitrogens with one attached hydrogen (secondary N) is 2. The molecule has 0 aromatic heterocycles. The minimum absolute atomic E-state index is 0.346. The van der Waals surface area contributed by atoms with Crippen LogP contribution >= 0.6 is 0 Å². The lowest BCUT2D eigenvalue weighted by atomic mass is 9.89. The first-order valence-electron chi connectivity index (χ1n) is 6.57. The quantitative estimate of drug-likeness (QED) is 0.621. The molecule has 1 heterocycles. The highest BCUT2D eigenvalue weighted by molar-refractivity contribution is 4.76. The molecule has 0 saturated carbocycles. The predicted octanol–water partition coefficient (Wildman–Crippen LogP) is 1.78. The Balaban J connectivity index is 2.00. The Morgan fingerprint density at radius 1 is 1.44 bits per heavy atom. The summed E-state index contributed by atoms with van der Waals surface area (Å²) in [5.74, 6) is 0. The van der Waals surface area contributed by atoms with E-state index in [4.69, 9.17) is 4.74 Å². The summed E-state index contributed by atoms with van der Waals surface area (Å²) in [6.45, 7) is 8.89. The second kappa shape index (κ2) is 7.25. The Bertz CT molecular complexity index is 177. The molecule has 1 fully saturated rings. The smallest absolute Gasteiger partial charge is 0.0467 e. The van der Waals surface area contributed by atoms with Crippen molar-refractivity contribution in [2.45, 2.75) is 45.6 Å². The molecule has 3 heteroatoms. The normalized spacial score (nSPS) is 21.6. The lowest BCUT2D eigenvalue weighted by molar-refractivity contribution is 0.150. The van der Waals surface area contributed by atoms with Crippen molar-refractivity contribution in [2.75, 3.05) is 33.4 Å². The SMILES string of the molecule is COCCC(C)(C)CNCCC1CCCN1. The molecule has 1 saturated heterocycles. The van der Waals surface area contributed by atoms with E-state index < -0.39 is 0 Å². The van der Waals surface area contributed by atoms with Crippen molar-refractivity contribution >= 4 is 0 Å². The molecule has 0 amide bonds. The highest BCUT2D eigenvalue weighted by Gasteiger charge is 2.17. The summed E-state index contributed by atoms with van der Waals surface area (Å²) < 4.78 is 5.13. The molecule has 0 bridgehead atoms. The highest BCUT2D eigenvalue weighted by Crippen LogP contribution is 2.18. The van der Waals surface area contributed by atoms with E-state index in [-0.39, 0.29) is 0 Å². The molecule has 0 aliphatic carbocycles. The highest BCUT2D eigenvalue weighted by atomic mass is 16.5. The van der Waals surface area contributed by atoms with Gasteiger partial charge in [0.15, 0.2) is 0 Å². The summed E-state index contributed by atoms with van der Waals surface area (Å²) in [5, 5.41) is 7.09. The molecule has 1 unspecified atom stereocenters. The van der Waals surface area contributed by atoms with Crippen LogP contribution in [0.4, 0.5) is 0 Å². The van der Waals surface area contributed by atoms with E-state index in [0.717, 1.165) is 32.2 Å². The lowest BCUT2D eigenvalue weighted by Gasteiger charge is -2.25. The molecular formula is C13H28N2O. The van der Waals surface area contributed by atoms with Gasteiger partial charge in [0.1, 0.15) is 0 Å². The third kappa shape index (κ3) is 5.83. The summed E-state index contributed by atoms with van der Waals surface area (Å²) in [5.41, 5.74) is 0.346. The van der Waals surface area contributed by atoms with Gasteiger partial charge in [-0.25, -0.2) is 0 Å². The molecule has 16 heavy (non-hydrogen) atoms. The van der Waals surface area contributed by atoms with E-state index in [1.165, 1.54) is 25.8 Å². The van der Waals surface area contributed by atoms with E-state index >= 15 is 0 Å². The van der Waals surface area contributed by atoms with Gasteiger partial charge in [-0.1, -0.05) is 13.8 Å². The molecular weight excluding hydrogens is 200 g/mol. The van der Waals surface area contributed by atoms with E-state index in [1.54, 1.807) is 7.11 Å². The third-order valence-electron chi connectivity index (χ3n) is 3.42. The van der Waals surface area contributed by atoms with Crippen LogP contribution in [0.2, 0.25) is 0 Å². The van der Waals surface area contributed by atoms with Crippen molar-refractivity contribution in [3.8, 4) is 0 Å². The second-order valence-corrected chi connectivity index (χ2v) is 5.67. The van der Waals surface area contributed by atoms with Gasteiger partial charge >= 0.3 is 0 Å². The Morgan fingerprint density at radius 3 is 2.88 bits per heavy atom. The van der Waals surface area contributed by atoms with Crippen LogP contribution < -0.4 is 10.6 Å². The molecule has 3 nitrogen and oxygen atoms in total. The van der Waals surface area contributed by atoms with E-state index in [2.05, 4.69) is 24.5 Å². The fraction of sp³-hybridized carbons (Fsp3) is 1.00. The van der Waals surface area contributed by atoms with Crippen LogP contribution in [-0.2, 0) is 4.74 Å². The second-order valence-electron chi connectivity index (χ2n) is 5.67. The van der Waals surface area contributed by atoms with Crippen LogP contribution in [0.5, 0.6) is 0 Å². The zero-order valence-corrected chi connectivity index (χ0v) is 11.1. The molecule has 1 atom stereocenters. The molecule has 0 aromatic rings. The van der Waals surface area contributed by atoms with Gasteiger partial charge in [0, 0.05) is 26.3 Å². The van der Waals surface area contributed by atoms with Gasteiger partial charge < -0.3 is 15.4 Å². The van der Waals surface area contributed by atoms with Crippen molar-refractivity contribution < 1.29 is 4.74 Å². The van der Waals surface area contributed by atoms with Crippen LogP contribution in [0.3, 0.4) is 0 Å². The van der Waals surface area contributed by atoms with Crippen LogP contribution in [0, 0.1) is 5.41 Å².